The fourth-order valence-corrected chi connectivity index (χ4v) is 4.94. The molecule has 0 N–H and O–H groups in total. The van der Waals surface area contributed by atoms with Crippen LogP contribution in [0, 0.1) is 17.8 Å². The molecule has 24 heavy (non-hydrogen) atoms. The molecule has 5 heteroatoms. The SMILES string of the molecule is O=C(OCC1CC2CCC1C2)N1CCN(c2ccccc2Cl)CC1. The number of ether oxygens (including phenoxy) is 1. The molecule has 3 aliphatic rings. The van der Waals surface area contributed by atoms with Crippen molar-refractivity contribution in [1.82, 2.24) is 4.90 Å². The molecule has 1 saturated heterocycles. The molecule has 4 nitrogen and oxygen atoms in total. The molecule has 0 radical (unpaired) electrons. The monoisotopic (exact) mass is 348 g/mol. The minimum Gasteiger partial charge on any atom is -0.449 e. The van der Waals surface area contributed by atoms with Crippen molar-refractivity contribution in [1.29, 1.82) is 0 Å². The normalized spacial score (nSPS) is 29.1. The number of benzene rings is 1. The summed E-state index contributed by atoms with van der Waals surface area (Å²) in [5.41, 5.74) is 1.05. The zero-order chi connectivity index (χ0) is 16.5. The van der Waals surface area contributed by atoms with Crippen LogP contribution in [0.15, 0.2) is 24.3 Å². The summed E-state index contributed by atoms with van der Waals surface area (Å²) >= 11 is 6.26. The summed E-state index contributed by atoms with van der Waals surface area (Å²) in [5.74, 6) is 2.31. The van der Waals surface area contributed by atoms with E-state index < -0.39 is 0 Å². The van der Waals surface area contributed by atoms with Crippen LogP contribution in [0.4, 0.5) is 10.5 Å². The van der Waals surface area contributed by atoms with E-state index in [2.05, 4.69) is 4.90 Å². The van der Waals surface area contributed by atoms with E-state index in [1.165, 1.54) is 25.7 Å². The van der Waals surface area contributed by atoms with E-state index in [4.69, 9.17) is 16.3 Å². The molecule has 3 atom stereocenters. The van der Waals surface area contributed by atoms with Crippen LogP contribution < -0.4 is 4.90 Å². The number of piperazine rings is 1. The van der Waals surface area contributed by atoms with Crippen LogP contribution in [-0.4, -0.2) is 43.8 Å². The highest BCUT2D eigenvalue weighted by Gasteiger charge is 2.40. The third-order valence-electron chi connectivity index (χ3n) is 6.04. The van der Waals surface area contributed by atoms with E-state index in [0.717, 1.165) is 35.6 Å². The maximum atomic E-state index is 12.3. The number of hydrogen-bond donors (Lipinski definition) is 0. The fourth-order valence-electron chi connectivity index (χ4n) is 4.69. The predicted molar refractivity (Wildman–Crippen MR) is 95.5 cm³/mol. The summed E-state index contributed by atoms with van der Waals surface area (Å²) < 4.78 is 5.63. The van der Waals surface area contributed by atoms with Crippen molar-refractivity contribution < 1.29 is 9.53 Å². The zero-order valence-corrected chi connectivity index (χ0v) is 14.8. The molecule has 130 valence electrons. The Morgan fingerprint density at radius 1 is 1.12 bits per heavy atom. The van der Waals surface area contributed by atoms with Crippen molar-refractivity contribution >= 4 is 23.4 Å². The van der Waals surface area contributed by atoms with E-state index in [-0.39, 0.29) is 6.09 Å². The lowest BCUT2D eigenvalue weighted by Gasteiger charge is -2.36. The Kier molecular flexibility index (Phi) is 4.57. The Hall–Kier alpha value is -1.42. The van der Waals surface area contributed by atoms with Gasteiger partial charge in [0.2, 0.25) is 0 Å². The Morgan fingerprint density at radius 2 is 1.92 bits per heavy atom. The second-order valence-electron chi connectivity index (χ2n) is 7.44. The molecule has 2 bridgehead atoms. The van der Waals surface area contributed by atoms with Gasteiger partial charge in [0.05, 0.1) is 17.3 Å². The standard InChI is InChI=1S/C19H25ClN2O2/c20-17-3-1-2-4-18(17)21-7-9-22(10-8-21)19(23)24-13-16-12-14-5-6-15(16)11-14/h1-4,14-16H,5-13H2. The first-order valence-corrected chi connectivity index (χ1v) is 9.49. The number of carbonyl (C=O) groups excluding carboxylic acids is 1. The fraction of sp³-hybridized carbons (Fsp3) is 0.632. The third-order valence-corrected chi connectivity index (χ3v) is 6.36. The van der Waals surface area contributed by atoms with Gasteiger partial charge >= 0.3 is 6.09 Å². The molecule has 3 unspecified atom stereocenters. The van der Waals surface area contributed by atoms with E-state index >= 15 is 0 Å². The maximum Gasteiger partial charge on any atom is 0.409 e. The van der Waals surface area contributed by atoms with Crippen LogP contribution in [0.2, 0.25) is 5.02 Å². The second kappa shape index (κ2) is 6.83. The van der Waals surface area contributed by atoms with Gasteiger partial charge in [-0.1, -0.05) is 30.2 Å². The van der Waals surface area contributed by atoms with Gasteiger partial charge < -0.3 is 14.5 Å². The number of amides is 1. The average molecular weight is 349 g/mol. The quantitative estimate of drug-likeness (QED) is 0.826. The highest BCUT2D eigenvalue weighted by Crippen LogP contribution is 2.48. The number of nitrogens with zero attached hydrogens (tertiary/aromatic N) is 2. The van der Waals surface area contributed by atoms with Gasteiger partial charge in [-0.25, -0.2) is 4.79 Å². The summed E-state index contributed by atoms with van der Waals surface area (Å²) in [7, 11) is 0. The lowest BCUT2D eigenvalue weighted by Crippen LogP contribution is -2.49. The van der Waals surface area contributed by atoms with Gasteiger partial charge in [0.15, 0.2) is 0 Å². The summed E-state index contributed by atoms with van der Waals surface area (Å²) in [6, 6.07) is 7.88. The van der Waals surface area contributed by atoms with Gasteiger partial charge in [-0.15, -0.1) is 0 Å². The predicted octanol–water partition coefficient (Wildman–Crippen LogP) is 4.03. The molecule has 1 aromatic carbocycles. The van der Waals surface area contributed by atoms with Crippen molar-refractivity contribution in [3.63, 3.8) is 0 Å². The van der Waals surface area contributed by atoms with E-state index in [1.807, 2.05) is 29.2 Å². The molecule has 0 spiro atoms. The molecule has 2 saturated carbocycles. The Morgan fingerprint density at radius 3 is 2.58 bits per heavy atom. The van der Waals surface area contributed by atoms with Gasteiger partial charge in [0.25, 0.3) is 0 Å². The average Bonchev–Trinajstić information content (AvgIpc) is 3.23. The maximum absolute atomic E-state index is 12.3. The first kappa shape index (κ1) is 16.1. The Labute approximate surface area is 148 Å². The van der Waals surface area contributed by atoms with Gasteiger partial charge in [0, 0.05) is 26.2 Å². The molecule has 0 aromatic heterocycles. The van der Waals surface area contributed by atoms with Crippen molar-refractivity contribution in [3.8, 4) is 0 Å². The number of fused-ring (bicyclic) bond motifs is 2. The molecule has 1 heterocycles. The minimum absolute atomic E-state index is 0.142. The largest absolute Gasteiger partial charge is 0.449 e. The molecule has 1 amide bonds. The summed E-state index contributed by atoms with van der Waals surface area (Å²) in [5, 5.41) is 0.768. The molecule has 4 rings (SSSR count). The molecule has 2 aliphatic carbocycles. The molecule has 1 aliphatic heterocycles. The third kappa shape index (κ3) is 3.21. The van der Waals surface area contributed by atoms with Crippen LogP contribution in [-0.2, 0) is 4.74 Å². The van der Waals surface area contributed by atoms with E-state index in [9.17, 15) is 4.79 Å². The number of rotatable bonds is 3. The van der Waals surface area contributed by atoms with Gasteiger partial charge in [0.1, 0.15) is 0 Å². The summed E-state index contributed by atoms with van der Waals surface area (Å²) in [6.07, 6.45) is 5.20. The first-order valence-electron chi connectivity index (χ1n) is 9.12. The molecule has 3 fully saturated rings. The van der Waals surface area contributed by atoms with Gasteiger partial charge in [-0.05, 0) is 49.1 Å². The molecule has 1 aromatic rings. The second-order valence-corrected chi connectivity index (χ2v) is 7.84. The first-order chi connectivity index (χ1) is 11.7. The van der Waals surface area contributed by atoms with Crippen LogP contribution in [0.1, 0.15) is 25.7 Å². The van der Waals surface area contributed by atoms with Crippen molar-refractivity contribution in [2.45, 2.75) is 25.7 Å². The highest BCUT2D eigenvalue weighted by molar-refractivity contribution is 6.33. The lowest BCUT2D eigenvalue weighted by atomic mass is 9.90. The van der Waals surface area contributed by atoms with Crippen LogP contribution in [0.3, 0.4) is 0 Å². The van der Waals surface area contributed by atoms with E-state index in [0.29, 0.717) is 25.6 Å². The van der Waals surface area contributed by atoms with Crippen molar-refractivity contribution in [2.75, 3.05) is 37.7 Å². The van der Waals surface area contributed by atoms with Crippen molar-refractivity contribution in [3.05, 3.63) is 29.3 Å². The topological polar surface area (TPSA) is 32.8 Å². The zero-order valence-electron chi connectivity index (χ0n) is 14.0. The lowest BCUT2D eigenvalue weighted by molar-refractivity contribution is 0.0752. The number of para-hydroxylation sites is 1. The number of carbonyl (C=O) groups is 1. The Bertz CT molecular complexity index is 601. The number of halogens is 1. The van der Waals surface area contributed by atoms with Crippen LogP contribution in [0.25, 0.3) is 0 Å². The number of hydrogen-bond acceptors (Lipinski definition) is 3. The van der Waals surface area contributed by atoms with Gasteiger partial charge in [-0.2, -0.15) is 0 Å². The van der Waals surface area contributed by atoms with Crippen LogP contribution in [0.5, 0.6) is 0 Å². The smallest absolute Gasteiger partial charge is 0.409 e. The van der Waals surface area contributed by atoms with Crippen LogP contribution >= 0.6 is 11.6 Å². The highest BCUT2D eigenvalue weighted by atomic mass is 35.5. The van der Waals surface area contributed by atoms with Gasteiger partial charge in [-0.3, -0.25) is 0 Å². The Balaban J connectivity index is 1.25. The summed E-state index contributed by atoms with van der Waals surface area (Å²) in [6.45, 7) is 3.60. The molecular weight excluding hydrogens is 324 g/mol. The van der Waals surface area contributed by atoms with Crippen molar-refractivity contribution in [2.24, 2.45) is 17.8 Å². The molecular formula is C19H25ClN2O2. The number of anilines is 1. The minimum atomic E-state index is -0.142. The van der Waals surface area contributed by atoms with E-state index in [1.54, 1.807) is 0 Å². The summed E-state index contributed by atoms with van der Waals surface area (Å²) in [4.78, 5) is 16.4.